The summed E-state index contributed by atoms with van der Waals surface area (Å²) in [5.74, 6) is -1.88. The van der Waals surface area contributed by atoms with Crippen molar-refractivity contribution in [1.82, 2.24) is 5.32 Å². The average molecular weight is 377 g/mol. The number of hydrogen-bond acceptors (Lipinski definition) is 3. The lowest BCUT2D eigenvalue weighted by atomic mass is 10.1. The third-order valence-corrected chi connectivity index (χ3v) is 3.89. The molecule has 0 saturated carbocycles. The average Bonchev–Trinajstić information content (AvgIpc) is 2.45. The number of nitrogens with one attached hydrogen (secondary N) is 1. The lowest BCUT2D eigenvalue weighted by Gasteiger charge is -2.07. The minimum Gasteiger partial charge on any atom is -0.348 e. The molecule has 0 aliphatic rings. The summed E-state index contributed by atoms with van der Waals surface area (Å²) in [6.07, 6.45) is 4.07. The van der Waals surface area contributed by atoms with Crippen molar-refractivity contribution in [1.29, 1.82) is 0 Å². The Morgan fingerprint density at radius 3 is 1.71 bits per heavy atom. The fraction of sp³-hybridized carbons (Fsp3) is 0.929. The van der Waals surface area contributed by atoms with Crippen LogP contribution in [0.3, 0.4) is 0 Å². The van der Waals surface area contributed by atoms with Gasteiger partial charge in [-0.2, -0.15) is 13.2 Å². The molecule has 144 valence electrons. The molecular formula is C14H27F3NO5P. The van der Waals surface area contributed by atoms with E-state index in [1.165, 1.54) is 0 Å². The molecule has 0 heterocycles. The van der Waals surface area contributed by atoms with E-state index in [9.17, 15) is 22.5 Å². The molecule has 0 atom stereocenters. The maximum Gasteiger partial charge on any atom is 0.471 e. The predicted molar refractivity (Wildman–Crippen MR) is 83.2 cm³/mol. The standard InChI is InChI=1S/C14H27F3NO5P/c15-14(16,17)13(19)18-11-9-7-5-3-1-2-4-6-8-10-12-23-24(20,21)22/h1-12H2,(H,18,19)(H2,20,21,22). The van der Waals surface area contributed by atoms with E-state index in [4.69, 9.17) is 9.79 Å². The highest BCUT2D eigenvalue weighted by Crippen LogP contribution is 2.35. The van der Waals surface area contributed by atoms with E-state index in [1.807, 2.05) is 5.32 Å². The van der Waals surface area contributed by atoms with E-state index in [0.717, 1.165) is 51.4 Å². The maximum absolute atomic E-state index is 11.9. The Balaban J connectivity index is 3.21. The molecule has 0 saturated heterocycles. The summed E-state index contributed by atoms with van der Waals surface area (Å²) >= 11 is 0. The highest BCUT2D eigenvalue weighted by atomic mass is 31.2. The summed E-state index contributed by atoms with van der Waals surface area (Å²) in [4.78, 5) is 27.5. The highest BCUT2D eigenvalue weighted by Gasteiger charge is 2.38. The Morgan fingerprint density at radius 1 is 0.875 bits per heavy atom. The van der Waals surface area contributed by atoms with Crippen LogP contribution in [0.5, 0.6) is 0 Å². The van der Waals surface area contributed by atoms with E-state index < -0.39 is 19.9 Å². The van der Waals surface area contributed by atoms with Crippen molar-refractivity contribution >= 4 is 13.7 Å². The quantitative estimate of drug-likeness (QED) is 0.317. The molecule has 0 aliphatic heterocycles. The van der Waals surface area contributed by atoms with E-state index in [2.05, 4.69) is 4.52 Å². The van der Waals surface area contributed by atoms with Crippen molar-refractivity contribution in [3.8, 4) is 0 Å². The topological polar surface area (TPSA) is 95.9 Å². The summed E-state index contributed by atoms with van der Waals surface area (Å²) in [6, 6.07) is 0. The lowest BCUT2D eigenvalue weighted by Crippen LogP contribution is -2.37. The molecule has 0 bridgehead atoms. The van der Waals surface area contributed by atoms with Gasteiger partial charge in [-0.3, -0.25) is 9.32 Å². The number of phosphoric ester groups is 1. The first kappa shape index (κ1) is 23.4. The van der Waals surface area contributed by atoms with Gasteiger partial charge in [-0.05, 0) is 12.8 Å². The van der Waals surface area contributed by atoms with E-state index >= 15 is 0 Å². The van der Waals surface area contributed by atoms with Crippen LogP contribution in [-0.2, 0) is 13.9 Å². The molecule has 3 N–H and O–H groups in total. The normalized spacial score (nSPS) is 12.4. The van der Waals surface area contributed by atoms with Crippen LogP contribution in [0, 0.1) is 0 Å². The van der Waals surface area contributed by atoms with Crippen molar-refractivity contribution in [2.75, 3.05) is 13.2 Å². The Hall–Kier alpha value is -0.630. The number of phosphoric acid groups is 1. The first-order valence-electron chi connectivity index (χ1n) is 8.18. The van der Waals surface area contributed by atoms with Gasteiger partial charge >= 0.3 is 19.9 Å². The zero-order valence-electron chi connectivity index (χ0n) is 13.7. The second kappa shape index (κ2) is 12.7. The third-order valence-electron chi connectivity index (χ3n) is 3.37. The highest BCUT2D eigenvalue weighted by molar-refractivity contribution is 7.46. The zero-order chi connectivity index (χ0) is 18.5. The second-order valence-electron chi connectivity index (χ2n) is 5.61. The lowest BCUT2D eigenvalue weighted by molar-refractivity contribution is -0.173. The number of amides is 1. The van der Waals surface area contributed by atoms with E-state index in [1.54, 1.807) is 0 Å². The van der Waals surface area contributed by atoms with Gasteiger partial charge in [0.2, 0.25) is 0 Å². The van der Waals surface area contributed by atoms with Crippen molar-refractivity contribution in [3.63, 3.8) is 0 Å². The van der Waals surface area contributed by atoms with Gasteiger partial charge in [-0.15, -0.1) is 0 Å². The van der Waals surface area contributed by atoms with Gasteiger partial charge in [-0.25, -0.2) is 4.57 Å². The monoisotopic (exact) mass is 377 g/mol. The first-order valence-corrected chi connectivity index (χ1v) is 9.71. The Morgan fingerprint density at radius 2 is 1.29 bits per heavy atom. The maximum atomic E-state index is 11.9. The minimum atomic E-state index is -4.80. The van der Waals surface area contributed by atoms with Crippen molar-refractivity contribution in [3.05, 3.63) is 0 Å². The number of alkyl halides is 3. The van der Waals surface area contributed by atoms with Gasteiger partial charge in [0, 0.05) is 6.54 Å². The predicted octanol–water partition coefficient (Wildman–Crippen LogP) is 3.68. The van der Waals surface area contributed by atoms with Gasteiger partial charge in [0.05, 0.1) is 6.61 Å². The molecule has 10 heteroatoms. The summed E-state index contributed by atoms with van der Waals surface area (Å²) < 4.78 is 50.4. The molecule has 0 radical (unpaired) electrons. The number of carbonyl (C=O) groups is 1. The third kappa shape index (κ3) is 16.2. The van der Waals surface area contributed by atoms with E-state index in [-0.39, 0.29) is 13.2 Å². The molecule has 0 aromatic rings. The van der Waals surface area contributed by atoms with Crippen LogP contribution in [0.4, 0.5) is 13.2 Å². The fourth-order valence-corrected chi connectivity index (χ4v) is 2.49. The minimum absolute atomic E-state index is 0.0506. The molecule has 24 heavy (non-hydrogen) atoms. The molecule has 1 amide bonds. The van der Waals surface area contributed by atoms with Crippen molar-refractivity contribution in [2.24, 2.45) is 0 Å². The summed E-state index contributed by atoms with van der Waals surface area (Å²) in [7, 11) is -4.34. The smallest absolute Gasteiger partial charge is 0.348 e. The molecule has 6 nitrogen and oxygen atoms in total. The van der Waals surface area contributed by atoms with Crippen molar-refractivity contribution < 1.29 is 36.8 Å². The van der Waals surface area contributed by atoms with Crippen LogP contribution in [-0.4, -0.2) is 35.0 Å². The van der Waals surface area contributed by atoms with Gasteiger partial charge in [0.15, 0.2) is 0 Å². The molecule has 0 fully saturated rings. The second-order valence-corrected chi connectivity index (χ2v) is 6.85. The van der Waals surface area contributed by atoms with Gasteiger partial charge in [0.25, 0.3) is 0 Å². The van der Waals surface area contributed by atoms with Crippen LogP contribution in [0.25, 0.3) is 0 Å². The van der Waals surface area contributed by atoms with Crippen LogP contribution in [0.15, 0.2) is 0 Å². The number of unbranched alkanes of at least 4 members (excludes halogenated alkanes) is 9. The fourth-order valence-electron chi connectivity index (χ4n) is 2.13. The van der Waals surface area contributed by atoms with Gasteiger partial charge in [0.1, 0.15) is 0 Å². The first-order chi connectivity index (χ1) is 11.1. The Kier molecular flexibility index (Phi) is 12.4. The summed E-state index contributed by atoms with van der Waals surface area (Å²) in [5.41, 5.74) is 0. The number of carbonyl (C=O) groups excluding carboxylic acids is 1. The van der Waals surface area contributed by atoms with E-state index in [0.29, 0.717) is 12.8 Å². The number of halogens is 3. The molecule has 0 spiro atoms. The zero-order valence-corrected chi connectivity index (χ0v) is 14.6. The van der Waals surface area contributed by atoms with Gasteiger partial charge < -0.3 is 15.1 Å². The Bertz CT molecular complexity index is 387. The Labute approximate surface area is 140 Å². The summed E-state index contributed by atoms with van der Waals surface area (Å²) in [5, 5.41) is 1.84. The molecular weight excluding hydrogens is 350 g/mol. The van der Waals surface area contributed by atoms with Crippen molar-refractivity contribution in [2.45, 2.75) is 70.4 Å². The SMILES string of the molecule is O=C(NCCCCCCCCCCCCOP(=O)(O)O)C(F)(F)F. The molecule has 0 aromatic heterocycles. The molecule has 0 rings (SSSR count). The summed E-state index contributed by atoms with van der Waals surface area (Å²) in [6.45, 7) is 0.115. The number of rotatable bonds is 14. The van der Waals surface area contributed by atoms with Gasteiger partial charge in [-0.1, -0.05) is 51.4 Å². The number of hydrogen-bond donors (Lipinski definition) is 3. The largest absolute Gasteiger partial charge is 0.471 e. The van der Waals surface area contributed by atoms with Crippen LogP contribution < -0.4 is 5.32 Å². The molecule has 0 aromatic carbocycles. The van der Waals surface area contributed by atoms with Crippen LogP contribution in [0.1, 0.15) is 64.2 Å². The molecule has 0 aliphatic carbocycles. The van der Waals surface area contributed by atoms with Crippen LogP contribution in [0.2, 0.25) is 0 Å². The molecule has 0 unspecified atom stereocenters. The van der Waals surface area contributed by atoms with Crippen LogP contribution >= 0.6 is 7.82 Å².